The van der Waals surface area contributed by atoms with Crippen LogP contribution in [-0.4, -0.2) is 19.1 Å². The van der Waals surface area contributed by atoms with E-state index in [1.807, 2.05) is 18.2 Å². The van der Waals surface area contributed by atoms with E-state index >= 15 is 0 Å². The maximum absolute atomic E-state index is 6.34. The van der Waals surface area contributed by atoms with Crippen molar-refractivity contribution in [3.8, 4) is 22.9 Å². The highest BCUT2D eigenvalue weighted by Gasteiger charge is 2.22. The third-order valence-electron chi connectivity index (χ3n) is 10.9. The molecule has 0 atom stereocenters. The van der Waals surface area contributed by atoms with Gasteiger partial charge in [-0.1, -0.05) is 109 Å². The van der Waals surface area contributed by atoms with E-state index in [9.17, 15) is 0 Å². The molecule has 8 aromatic carbocycles. The van der Waals surface area contributed by atoms with Gasteiger partial charge in [0, 0.05) is 43.3 Å². The Morgan fingerprint density at radius 1 is 0.396 bits per heavy atom. The average molecular weight is 677 g/mol. The van der Waals surface area contributed by atoms with Gasteiger partial charge in [-0.15, -0.1) is 0 Å². The van der Waals surface area contributed by atoms with Crippen LogP contribution in [0.2, 0.25) is 0 Å². The van der Waals surface area contributed by atoms with Crippen molar-refractivity contribution in [1.29, 1.82) is 0 Å². The minimum atomic E-state index is 0.623. The summed E-state index contributed by atoms with van der Waals surface area (Å²) in [6.45, 7) is 0. The summed E-state index contributed by atoms with van der Waals surface area (Å²) < 4.78 is 11.0. The molecule has 0 saturated heterocycles. The fraction of sp³-hybridized carbons (Fsp3) is 0. The summed E-state index contributed by atoms with van der Waals surface area (Å²) in [5.41, 5.74) is 10.0. The molecule has 246 valence electrons. The quantitative estimate of drug-likeness (QED) is 0.187. The summed E-state index contributed by atoms with van der Waals surface area (Å²) in [5.74, 6) is 0.623. The second-order valence-electron chi connectivity index (χ2n) is 13.8. The van der Waals surface area contributed by atoms with Crippen LogP contribution in [0.15, 0.2) is 174 Å². The third kappa shape index (κ3) is 4.02. The molecule has 0 radical (unpaired) electrons. The first-order valence-corrected chi connectivity index (χ1v) is 17.9. The van der Waals surface area contributed by atoms with Crippen molar-refractivity contribution in [1.82, 2.24) is 19.1 Å². The second-order valence-corrected chi connectivity index (χ2v) is 13.8. The molecule has 0 fully saturated rings. The number of aromatic nitrogens is 4. The zero-order chi connectivity index (χ0) is 34.6. The Labute approximate surface area is 302 Å². The van der Waals surface area contributed by atoms with E-state index in [0.717, 1.165) is 71.6 Å². The van der Waals surface area contributed by atoms with Gasteiger partial charge in [0.1, 0.15) is 11.2 Å². The SMILES string of the molecule is c1ccc2cc3c(cc2c1)c1c(-n2c4ccccc4c4ccccc42)cccc1n3-c1nc(-c2ccc3c(c2)oc2ccccc23)c2ccccc2n1. The number of benzene rings is 8. The van der Waals surface area contributed by atoms with E-state index in [-0.39, 0.29) is 0 Å². The van der Waals surface area contributed by atoms with Gasteiger partial charge in [-0.25, -0.2) is 9.97 Å². The molecule has 4 heterocycles. The molecule has 12 aromatic rings. The lowest BCUT2D eigenvalue weighted by molar-refractivity contribution is 0.669. The van der Waals surface area contributed by atoms with Crippen molar-refractivity contribution in [2.75, 3.05) is 0 Å². The smallest absolute Gasteiger partial charge is 0.235 e. The normalized spacial score (nSPS) is 12.2. The molecule has 0 saturated carbocycles. The fourth-order valence-electron chi connectivity index (χ4n) is 8.58. The molecule has 5 nitrogen and oxygen atoms in total. The summed E-state index contributed by atoms with van der Waals surface area (Å²) in [5, 5.41) is 10.3. The Bertz CT molecular complexity index is 3420. The van der Waals surface area contributed by atoms with Gasteiger partial charge in [0.2, 0.25) is 5.95 Å². The molecule has 0 aliphatic rings. The van der Waals surface area contributed by atoms with Crippen molar-refractivity contribution < 1.29 is 4.42 Å². The zero-order valence-corrected chi connectivity index (χ0v) is 28.4. The molecule has 12 rings (SSSR count). The Balaban J connectivity index is 1.19. The summed E-state index contributed by atoms with van der Waals surface area (Å²) in [4.78, 5) is 10.7. The predicted octanol–water partition coefficient (Wildman–Crippen LogP) is 12.5. The van der Waals surface area contributed by atoms with E-state index < -0.39 is 0 Å². The molecule has 0 bridgehead atoms. The van der Waals surface area contributed by atoms with E-state index in [4.69, 9.17) is 14.4 Å². The summed E-state index contributed by atoms with van der Waals surface area (Å²) in [6, 6.07) is 60.1. The molecule has 0 N–H and O–H groups in total. The highest BCUT2D eigenvalue weighted by Crippen LogP contribution is 2.42. The van der Waals surface area contributed by atoms with Gasteiger partial charge in [-0.05, 0) is 71.4 Å². The van der Waals surface area contributed by atoms with Gasteiger partial charge in [0.15, 0.2) is 0 Å². The van der Waals surface area contributed by atoms with E-state index in [2.05, 4.69) is 161 Å². The third-order valence-corrected chi connectivity index (χ3v) is 10.9. The van der Waals surface area contributed by atoms with Crippen molar-refractivity contribution >= 4 is 87.2 Å². The van der Waals surface area contributed by atoms with Crippen LogP contribution >= 0.6 is 0 Å². The molecule has 0 spiro atoms. The first-order chi connectivity index (χ1) is 26.3. The molecule has 53 heavy (non-hydrogen) atoms. The molecule has 0 unspecified atom stereocenters. The van der Waals surface area contributed by atoms with Crippen LogP contribution in [0.5, 0.6) is 0 Å². The number of para-hydroxylation sites is 4. The average Bonchev–Trinajstić information content (AvgIpc) is 3.86. The van der Waals surface area contributed by atoms with Crippen molar-refractivity contribution in [2.45, 2.75) is 0 Å². The van der Waals surface area contributed by atoms with Crippen LogP contribution in [0.25, 0.3) is 110 Å². The van der Waals surface area contributed by atoms with Gasteiger partial charge in [0.25, 0.3) is 0 Å². The lowest BCUT2D eigenvalue weighted by Crippen LogP contribution is -2.03. The predicted molar refractivity (Wildman–Crippen MR) is 218 cm³/mol. The minimum absolute atomic E-state index is 0.623. The second kappa shape index (κ2) is 10.6. The molecule has 0 aliphatic heterocycles. The number of furan rings is 1. The number of nitrogens with zero attached hydrogens (tertiary/aromatic N) is 4. The zero-order valence-electron chi connectivity index (χ0n) is 28.4. The Morgan fingerprint density at radius 3 is 1.85 bits per heavy atom. The largest absolute Gasteiger partial charge is 0.456 e. The Hall–Kier alpha value is -7.24. The van der Waals surface area contributed by atoms with Crippen LogP contribution in [0.3, 0.4) is 0 Å². The van der Waals surface area contributed by atoms with Crippen LogP contribution < -0.4 is 0 Å². The van der Waals surface area contributed by atoms with E-state index in [0.29, 0.717) is 5.95 Å². The van der Waals surface area contributed by atoms with Gasteiger partial charge >= 0.3 is 0 Å². The number of fused-ring (bicyclic) bond motifs is 11. The summed E-state index contributed by atoms with van der Waals surface area (Å²) in [7, 11) is 0. The lowest BCUT2D eigenvalue weighted by atomic mass is 10.0. The van der Waals surface area contributed by atoms with Crippen LogP contribution in [0.4, 0.5) is 0 Å². The minimum Gasteiger partial charge on any atom is -0.456 e. The van der Waals surface area contributed by atoms with Crippen LogP contribution in [-0.2, 0) is 0 Å². The van der Waals surface area contributed by atoms with Crippen molar-refractivity contribution in [3.63, 3.8) is 0 Å². The fourth-order valence-corrected chi connectivity index (χ4v) is 8.58. The van der Waals surface area contributed by atoms with Gasteiger partial charge in [0.05, 0.1) is 39.0 Å². The highest BCUT2D eigenvalue weighted by molar-refractivity contribution is 6.19. The number of hydrogen-bond acceptors (Lipinski definition) is 3. The molecule has 5 heteroatoms. The topological polar surface area (TPSA) is 48.8 Å². The lowest BCUT2D eigenvalue weighted by Gasteiger charge is -2.13. The van der Waals surface area contributed by atoms with Crippen LogP contribution in [0, 0.1) is 0 Å². The van der Waals surface area contributed by atoms with Crippen molar-refractivity contribution in [3.05, 3.63) is 170 Å². The molecule has 0 amide bonds. The standard InChI is InChI=1S/C48H28N4O/c1-2-13-30-27-43-37(26-29(30)12-1)46-41(51-39-19-8-4-14-32(39)33-15-5-9-20-40(33)51)21-11-22-42(46)52(43)48-49-38-18-7-3-17-36(38)47(50-48)31-24-25-35-34-16-6-10-23-44(34)53-45(35)28-31/h1-28H. The Morgan fingerprint density at radius 2 is 1.04 bits per heavy atom. The maximum atomic E-state index is 6.34. The first-order valence-electron chi connectivity index (χ1n) is 17.9. The van der Waals surface area contributed by atoms with Crippen LogP contribution in [0.1, 0.15) is 0 Å². The number of rotatable bonds is 3. The molecular formula is C48H28N4O. The summed E-state index contributed by atoms with van der Waals surface area (Å²) in [6.07, 6.45) is 0. The van der Waals surface area contributed by atoms with Gasteiger partial charge < -0.3 is 8.98 Å². The van der Waals surface area contributed by atoms with Crippen molar-refractivity contribution in [2.24, 2.45) is 0 Å². The molecular weight excluding hydrogens is 649 g/mol. The van der Waals surface area contributed by atoms with Gasteiger partial charge in [-0.2, -0.15) is 0 Å². The highest BCUT2D eigenvalue weighted by atomic mass is 16.3. The molecule has 0 aliphatic carbocycles. The van der Waals surface area contributed by atoms with E-state index in [1.165, 1.54) is 32.6 Å². The number of hydrogen-bond donors (Lipinski definition) is 0. The van der Waals surface area contributed by atoms with E-state index in [1.54, 1.807) is 0 Å². The monoisotopic (exact) mass is 676 g/mol. The molecule has 4 aromatic heterocycles. The summed E-state index contributed by atoms with van der Waals surface area (Å²) >= 11 is 0. The first kappa shape index (κ1) is 28.5. The van der Waals surface area contributed by atoms with Gasteiger partial charge in [-0.3, -0.25) is 4.57 Å². The Kier molecular flexibility index (Phi) is 5.71. The maximum Gasteiger partial charge on any atom is 0.235 e.